The molecule has 0 radical (unpaired) electrons. The predicted molar refractivity (Wildman–Crippen MR) is 87.6 cm³/mol. The number of aromatic nitrogens is 1. The molecule has 0 aliphatic carbocycles. The summed E-state index contributed by atoms with van der Waals surface area (Å²) in [5, 5.41) is 2.84. The number of carbonyl (C=O) groups excluding carboxylic acids is 3. The smallest absolute Gasteiger partial charge is 0.355 e. The zero-order valence-corrected chi connectivity index (χ0v) is 14.6. The van der Waals surface area contributed by atoms with Gasteiger partial charge in [0.15, 0.2) is 0 Å². The van der Waals surface area contributed by atoms with Crippen molar-refractivity contribution < 1.29 is 27.6 Å². The first-order valence-corrected chi connectivity index (χ1v) is 8.42. The van der Waals surface area contributed by atoms with E-state index in [1.807, 2.05) is 5.32 Å². The van der Waals surface area contributed by atoms with Crippen LogP contribution >= 0.6 is 11.6 Å². The molecule has 4 amide bonds. The summed E-state index contributed by atoms with van der Waals surface area (Å²) in [5.74, 6) is -1.07. The fourth-order valence-corrected chi connectivity index (χ4v) is 3.21. The topological polar surface area (TPSA) is 94.6 Å². The number of anilines is 1. The van der Waals surface area contributed by atoms with Crippen LogP contribution in [0, 0.1) is 5.92 Å². The number of imide groups is 1. The van der Waals surface area contributed by atoms with E-state index in [9.17, 15) is 27.6 Å². The van der Waals surface area contributed by atoms with E-state index in [-0.39, 0.29) is 17.4 Å². The summed E-state index contributed by atoms with van der Waals surface area (Å²) in [6.45, 7) is 0.483. The van der Waals surface area contributed by atoms with Gasteiger partial charge in [0, 0.05) is 25.2 Å². The number of hydrazine groups is 1. The van der Waals surface area contributed by atoms with E-state index in [4.69, 9.17) is 11.6 Å². The molecular weight excluding hydrogens is 391 g/mol. The van der Waals surface area contributed by atoms with Crippen LogP contribution in [0.15, 0.2) is 12.3 Å². The SMILES string of the molecule is O=C1CN(NC(=O)C2CCN(c3ncc(C(F)(F)F)cc3Cl)CC2)C(=O)N1. The van der Waals surface area contributed by atoms with Crippen LogP contribution in [0.1, 0.15) is 18.4 Å². The molecule has 0 unspecified atom stereocenters. The van der Waals surface area contributed by atoms with Crippen molar-refractivity contribution in [3.63, 3.8) is 0 Å². The van der Waals surface area contributed by atoms with Gasteiger partial charge in [0.25, 0.3) is 0 Å². The normalized spacial score (nSPS) is 18.7. The molecular formula is C15H15ClF3N5O3. The van der Waals surface area contributed by atoms with Crippen LogP contribution in [0.2, 0.25) is 5.02 Å². The Balaban J connectivity index is 1.58. The summed E-state index contributed by atoms with van der Waals surface area (Å²) in [6, 6.07) is 0.137. The van der Waals surface area contributed by atoms with Gasteiger partial charge in [-0.1, -0.05) is 11.6 Å². The number of halogens is 4. The van der Waals surface area contributed by atoms with Gasteiger partial charge in [-0.15, -0.1) is 0 Å². The molecule has 0 bridgehead atoms. The van der Waals surface area contributed by atoms with Crippen LogP contribution < -0.4 is 15.6 Å². The molecule has 1 aromatic heterocycles. The second-order valence-electron chi connectivity index (χ2n) is 6.20. The van der Waals surface area contributed by atoms with E-state index in [0.29, 0.717) is 25.9 Å². The molecule has 3 heterocycles. The minimum absolute atomic E-state index is 0.111. The average molecular weight is 406 g/mol. The maximum Gasteiger partial charge on any atom is 0.417 e. The zero-order chi connectivity index (χ0) is 19.8. The van der Waals surface area contributed by atoms with Crippen molar-refractivity contribution in [1.29, 1.82) is 0 Å². The van der Waals surface area contributed by atoms with Gasteiger partial charge in [-0.2, -0.15) is 13.2 Å². The van der Waals surface area contributed by atoms with Crippen molar-refractivity contribution in [1.82, 2.24) is 20.7 Å². The van der Waals surface area contributed by atoms with Crippen molar-refractivity contribution in [2.45, 2.75) is 19.0 Å². The van der Waals surface area contributed by atoms with Gasteiger partial charge in [0.2, 0.25) is 11.8 Å². The first-order valence-electron chi connectivity index (χ1n) is 8.04. The maximum atomic E-state index is 12.7. The molecule has 0 atom stereocenters. The minimum Gasteiger partial charge on any atom is -0.355 e. The number of nitrogens with zero attached hydrogens (tertiary/aromatic N) is 3. The molecule has 0 aromatic carbocycles. The summed E-state index contributed by atoms with van der Waals surface area (Å²) in [6.07, 6.45) is -3.00. The van der Waals surface area contributed by atoms with E-state index < -0.39 is 35.5 Å². The largest absolute Gasteiger partial charge is 0.417 e. The van der Waals surface area contributed by atoms with Gasteiger partial charge in [0.05, 0.1) is 10.6 Å². The Bertz CT molecular complexity index is 780. The molecule has 12 heteroatoms. The third-order valence-electron chi connectivity index (χ3n) is 4.35. The second kappa shape index (κ2) is 7.22. The predicted octanol–water partition coefficient (Wildman–Crippen LogP) is 1.55. The lowest BCUT2D eigenvalue weighted by atomic mass is 9.96. The lowest BCUT2D eigenvalue weighted by Gasteiger charge is -2.33. The molecule has 2 fully saturated rings. The maximum absolute atomic E-state index is 12.7. The quantitative estimate of drug-likeness (QED) is 0.744. The number of rotatable bonds is 3. The van der Waals surface area contributed by atoms with Crippen molar-refractivity contribution in [2.24, 2.45) is 5.92 Å². The summed E-state index contributed by atoms with van der Waals surface area (Å²) < 4.78 is 38.1. The minimum atomic E-state index is -4.52. The number of hydrogen-bond acceptors (Lipinski definition) is 5. The molecule has 146 valence electrons. The first-order chi connectivity index (χ1) is 12.6. The molecule has 2 N–H and O–H groups in total. The molecule has 1 aromatic rings. The zero-order valence-electron chi connectivity index (χ0n) is 13.8. The van der Waals surface area contributed by atoms with E-state index >= 15 is 0 Å². The lowest BCUT2D eigenvalue weighted by Crippen LogP contribution is -2.49. The molecule has 2 saturated heterocycles. The Morgan fingerprint density at radius 1 is 1.30 bits per heavy atom. The van der Waals surface area contributed by atoms with Crippen molar-refractivity contribution >= 4 is 35.3 Å². The van der Waals surface area contributed by atoms with Crippen LogP contribution in [0.4, 0.5) is 23.8 Å². The number of urea groups is 1. The highest BCUT2D eigenvalue weighted by Gasteiger charge is 2.34. The van der Waals surface area contributed by atoms with Gasteiger partial charge >= 0.3 is 12.2 Å². The third-order valence-corrected chi connectivity index (χ3v) is 4.63. The van der Waals surface area contributed by atoms with Crippen LogP contribution in [0.3, 0.4) is 0 Å². The fourth-order valence-electron chi connectivity index (χ4n) is 2.93. The summed E-state index contributed by atoms with van der Waals surface area (Å²) >= 11 is 5.94. The molecule has 2 aliphatic heterocycles. The van der Waals surface area contributed by atoms with Crippen molar-refractivity contribution in [3.05, 3.63) is 22.8 Å². The molecule has 27 heavy (non-hydrogen) atoms. The Morgan fingerprint density at radius 2 is 1.96 bits per heavy atom. The first kappa shape index (κ1) is 19.2. The molecule has 2 aliphatic rings. The lowest BCUT2D eigenvalue weighted by molar-refractivity contribution is -0.138. The van der Waals surface area contributed by atoms with E-state index in [0.717, 1.165) is 17.3 Å². The Morgan fingerprint density at radius 3 is 2.48 bits per heavy atom. The number of hydrogen-bond donors (Lipinski definition) is 2. The highest BCUT2D eigenvalue weighted by atomic mass is 35.5. The van der Waals surface area contributed by atoms with Gasteiger partial charge in [-0.05, 0) is 18.9 Å². The number of amides is 4. The van der Waals surface area contributed by atoms with Crippen LogP contribution in [0.5, 0.6) is 0 Å². The van der Waals surface area contributed by atoms with Crippen molar-refractivity contribution in [2.75, 3.05) is 24.5 Å². The number of piperidine rings is 1. The molecule has 0 spiro atoms. The van der Waals surface area contributed by atoms with Gasteiger partial charge in [0.1, 0.15) is 12.4 Å². The van der Waals surface area contributed by atoms with E-state index in [2.05, 4.69) is 10.4 Å². The average Bonchev–Trinajstić information content (AvgIpc) is 2.91. The van der Waals surface area contributed by atoms with E-state index in [1.165, 1.54) is 0 Å². The number of pyridine rings is 1. The highest BCUT2D eigenvalue weighted by molar-refractivity contribution is 6.33. The van der Waals surface area contributed by atoms with Gasteiger partial charge in [-0.3, -0.25) is 20.3 Å². The van der Waals surface area contributed by atoms with Crippen LogP contribution in [0.25, 0.3) is 0 Å². The van der Waals surface area contributed by atoms with Crippen molar-refractivity contribution in [3.8, 4) is 0 Å². The monoisotopic (exact) mass is 405 g/mol. The molecule has 8 nitrogen and oxygen atoms in total. The Hall–Kier alpha value is -2.56. The second-order valence-corrected chi connectivity index (χ2v) is 6.61. The number of carbonyl (C=O) groups is 3. The third kappa shape index (κ3) is 4.24. The molecule has 0 saturated carbocycles. The number of alkyl halides is 3. The Labute approximate surface area is 156 Å². The van der Waals surface area contributed by atoms with Gasteiger partial charge in [-0.25, -0.2) is 14.8 Å². The van der Waals surface area contributed by atoms with Crippen LogP contribution in [-0.2, 0) is 15.8 Å². The summed E-state index contributed by atoms with van der Waals surface area (Å²) in [4.78, 5) is 40.3. The standard InChI is InChI=1S/C15H15ClF3N5O3/c16-10-5-9(15(17,18)19)6-20-12(10)23-3-1-8(2-4-23)13(26)22-24-7-11(25)21-14(24)27/h5-6,8H,1-4,7H2,(H,22,26)(H,21,25,27). The fraction of sp³-hybridized carbons (Fsp3) is 0.467. The van der Waals surface area contributed by atoms with Crippen LogP contribution in [-0.4, -0.2) is 47.5 Å². The summed E-state index contributed by atoms with van der Waals surface area (Å²) in [5.41, 5.74) is 1.47. The molecule has 3 rings (SSSR count). The summed E-state index contributed by atoms with van der Waals surface area (Å²) in [7, 11) is 0. The highest BCUT2D eigenvalue weighted by Crippen LogP contribution is 2.34. The Kier molecular flexibility index (Phi) is 5.13. The number of nitrogens with one attached hydrogen (secondary N) is 2. The van der Waals surface area contributed by atoms with E-state index in [1.54, 1.807) is 4.90 Å². The van der Waals surface area contributed by atoms with Gasteiger partial charge < -0.3 is 4.90 Å².